The van der Waals surface area contributed by atoms with Crippen LogP contribution in [0, 0.1) is 11.3 Å². The lowest BCUT2D eigenvalue weighted by atomic mass is 10.2. The number of hydrogen-bond donors (Lipinski definition) is 1. The Morgan fingerprint density at radius 2 is 2.24 bits per heavy atom. The molecule has 3 heterocycles. The first kappa shape index (κ1) is 14.0. The third-order valence-electron chi connectivity index (χ3n) is 4.05. The first-order valence-electron chi connectivity index (χ1n) is 7.27. The highest BCUT2D eigenvalue weighted by molar-refractivity contribution is 5.51. The minimum atomic E-state index is -0.408. The molecule has 7 heteroatoms. The van der Waals surface area contributed by atoms with E-state index >= 15 is 0 Å². The maximum atomic E-state index is 9.43. The molecule has 3 rings (SSSR count). The van der Waals surface area contributed by atoms with Crippen LogP contribution in [0.15, 0.2) is 12.4 Å². The number of rotatable bonds is 3. The Kier molecular flexibility index (Phi) is 4.18. The molecule has 1 aromatic rings. The number of nitrogens with zero attached hydrogens (tertiary/aromatic N) is 5. The fourth-order valence-corrected chi connectivity index (χ4v) is 2.93. The molecular weight excluding hydrogens is 270 g/mol. The monoisotopic (exact) mass is 289 g/mol. The summed E-state index contributed by atoms with van der Waals surface area (Å²) >= 11 is 0. The highest BCUT2D eigenvalue weighted by Gasteiger charge is 2.26. The second kappa shape index (κ2) is 6.24. The van der Waals surface area contributed by atoms with Gasteiger partial charge >= 0.3 is 0 Å². The van der Waals surface area contributed by atoms with Gasteiger partial charge in [-0.25, -0.2) is 9.97 Å². The van der Waals surface area contributed by atoms with E-state index in [0.29, 0.717) is 13.2 Å². The van der Waals surface area contributed by atoms with Crippen molar-refractivity contribution in [3.63, 3.8) is 0 Å². The van der Waals surface area contributed by atoms with Crippen LogP contribution in [-0.2, 0) is 4.74 Å². The molecule has 2 unspecified atom stereocenters. The number of anilines is 2. The van der Waals surface area contributed by atoms with Gasteiger partial charge in [0.1, 0.15) is 18.0 Å². The van der Waals surface area contributed by atoms with Crippen LogP contribution in [0.3, 0.4) is 0 Å². The van der Waals surface area contributed by atoms with Gasteiger partial charge in [0, 0.05) is 19.2 Å². The molecule has 21 heavy (non-hydrogen) atoms. The topological polar surface area (TPSA) is 85.5 Å². The summed E-state index contributed by atoms with van der Waals surface area (Å²) in [4.78, 5) is 12.8. The first-order valence-corrected chi connectivity index (χ1v) is 7.27. The highest BCUT2D eigenvalue weighted by Crippen LogP contribution is 2.26. The molecule has 0 radical (unpaired) electrons. The number of ether oxygens (including phenoxy) is 1. The van der Waals surface area contributed by atoms with Crippen molar-refractivity contribution in [2.45, 2.75) is 25.0 Å². The van der Waals surface area contributed by atoms with Crippen molar-refractivity contribution in [1.29, 1.82) is 5.26 Å². The number of aliphatic hydroxyl groups is 1. The minimum Gasteiger partial charge on any atom is -0.394 e. The van der Waals surface area contributed by atoms with E-state index in [0.717, 1.165) is 37.6 Å². The van der Waals surface area contributed by atoms with Crippen LogP contribution in [0.2, 0.25) is 0 Å². The zero-order valence-electron chi connectivity index (χ0n) is 11.9. The molecule has 112 valence electrons. The van der Waals surface area contributed by atoms with Crippen molar-refractivity contribution in [2.75, 3.05) is 42.6 Å². The Morgan fingerprint density at radius 1 is 1.38 bits per heavy atom. The number of hydrogen-bond acceptors (Lipinski definition) is 7. The zero-order chi connectivity index (χ0) is 14.7. The summed E-state index contributed by atoms with van der Waals surface area (Å²) in [5.74, 6) is 1.66. The third kappa shape index (κ3) is 2.91. The normalized spacial score (nSPS) is 25.9. The third-order valence-corrected chi connectivity index (χ3v) is 4.05. The van der Waals surface area contributed by atoms with Crippen molar-refractivity contribution in [2.24, 2.45) is 0 Å². The van der Waals surface area contributed by atoms with Crippen molar-refractivity contribution in [3.8, 4) is 6.07 Å². The van der Waals surface area contributed by atoms with E-state index in [2.05, 4.69) is 20.9 Å². The number of aromatic nitrogens is 2. The van der Waals surface area contributed by atoms with Gasteiger partial charge in [-0.05, 0) is 12.8 Å². The van der Waals surface area contributed by atoms with Crippen LogP contribution in [0.25, 0.3) is 0 Å². The summed E-state index contributed by atoms with van der Waals surface area (Å²) in [5, 5.41) is 18.4. The molecule has 0 saturated carbocycles. The molecule has 0 aromatic carbocycles. The smallest absolute Gasteiger partial charge is 0.161 e. The standard InChI is InChI=1S/C14H19N5O2/c15-7-12-8-18(4-5-21-12)13-6-14(17-10-16-13)19-3-1-2-11(19)9-20/h6,10-12,20H,1-5,8-9H2. The summed E-state index contributed by atoms with van der Waals surface area (Å²) in [5.41, 5.74) is 0. The van der Waals surface area contributed by atoms with E-state index in [-0.39, 0.29) is 12.6 Å². The summed E-state index contributed by atoms with van der Waals surface area (Å²) in [6.07, 6.45) is 3.20. The van der Waals surface area contributed by atoms with Gasteiger partial charge < -0.3 is 19.6 Å². The van der Waals surface area contributed by atoms with Crippen molar-refractivity contribution >= 4 is 11.6 Å². The number of nitriles is 1. The van der Waals surface area contributed by atoms with Gasteiger partial charge in [0.15, 0.2) is 6.10 Å². The van der Waals surface area contributed by atoms with Gasteiger partial charge in [0.25, 0.3) is 0 Å². The molecule has 0 bridgehead atoms. The number of morpholine rings is 1. The molecule has 2 saturated heterocycles. The van der Waals surface area contributed by atoms with E-state index in [1.54, 1.807) is 6.33 Å². The Balaban J connectivity index is 1.78. The summed E-state index contributed by atoms with van der Waals surface area (Å²) in [6.45, 7) is 2.83. The zero-order valence-corrected chi connectivity index (χ0v) is 11.9. The summed E-state index contributed by atoms with van der Waals surface area (Å²) in [6, 6.07) is 4.22. The molecule has 1 aromatic heterocycles. The number of aliphatic hydroxyl groups excluding tert-OH is 1. The Hall–Kier alpha value is -1.91. The van der Waals surface area contributed by atoms with Gasteiger partial charge in [-0.15, -0.1) is 0 Å². The molecular formula is C14H19N5O2. The predicted molar refractivity (Wildman–Crippen MR) is 77.1 cm³/mol. The molecule has 7 nitrogen and oxygen atoms in total. The molecule has 2 aliphatic heterocycles. The first-order chi connectivity index (χ1) is 10.3. The van der Waals surface area contributed by atoms with Gasteiger partial charge in [-0.3, -0.25) is 0 Å². The molecule has 2 atom stereocenters. The average molecular weight is 289 g/mol. The van der Waals surface area contributed by atoms with Crippen LogP contribution in [0.5, 0.6) is 0 Å². The largest absolute Gasteiger partial charge is 0.394 e. The lowest BCUT2D eigenvalue weighted by Crippen LogP contribution is -2.42. The molecule has 2 fully saturated rings. The average Bonchev–Trinajstić information content (AvgIpc) is 3.03. The maximum Gasteiger partial charge on any atom is 0.161 e. The Labute approximate surface area is 123 Å². The van der Waals surface area contributed by atoms with Gasteiger partial charge in [0.2, 0.25) is 0 Å². The lowest BCUT2D eigenvalue weighted by Gasteiger charge is -2.31. The lowest BCUT2D eigenvalue weighted by molar-refractivity contribution is 0.0761. The van der Waals surface area contributed by atoms with Gasteiger partial charge in [-0.1, -0.05) is 0 Å². The molecule has 1 N–H and O–H groups in total. The predicted octanol–water partition coefficient (Wildman–Crippen LogP) is 0.166. The second-order valence-electron chi connectivity index (χ2n) is 5.34. The van der Waals surface area contributed by atoms with Crippen molar-refractivity contribution in [3.05, 3.63) is 12.4 Å². The fraction of sp³-hybridized carbons (Fsp3) is 0.643. The second-order valence-corrected chi connectivity index (χ2v) is 5.34. The fourth-order valence-electron chi connectivity index (χ4n) is 2.93. The van der Waals surface area contributed by atoms with E-state index in [9.17, 15) is 5.11 Å². The van der Waals surface area contributed by atoms with Gasteiger partial charge in [0.05, 0.1) is 31.9 Å². The van der Waals surface area contributed by atoms with Crippen LogP contribution in [0.1, 0.15) is 12.8 Å². The van der Waals surface area contributed by atoms with Crippen molar-refractivity contribution < 1.29 is 9.84 Å². The van der Waals surface area contributed by atoms with Crippen LogP contribution < -0.4 is 9.80 Å². The van der Waals surface area contributed by atoms with Crippen LogP contribution in [0.4, 0.5) is 11.6 Å². The maximum absolute atomic E-state index is 9.43. The van der Waals surface area contributed by atoms with E-state index in [4.69, 9.17) is 10.00 Å². The summed E-state index contributed by atoms with van der Waals surface area (Å²) in [7, 11) is 0. The highest BCUT2D eigenvalue weighted by atomic mass is 16.5. The van der Waals surface area contributed by atoms with E-state index in [1.807, 2.05) is 11.0 Å². The van der Waals surface area contributed by atoms with Crippen LogP contribution >= 0.6 is 0 Å². The van der Waals surface area contributed by atoms with Gasteiger partial charge in [-0.2, -0.15) is 5.26 Å². The molecule has 0 aliphatic carbocycles. The summed E-state index contributed by atoms with van der Waals surface area (Å²) < 4.78 is 5.35. The molecule has 0 amide bonds. The van der Waals surface area contributed by atoms with E-state index in [1.165, 1.54) is 0 Å². The molecule has 2 aliphatic rings. The van der Waals surface area contributed by atoms with E-state index < -0.39 is 6.10 Å². The Bertz CT molecular complexity index is 532. The minimum absolute atomic E-state index is 0.143. The van der Waals surface area contributed by atoms with Crippen molar-refractivity contribution in [1.82, 2.24) is 9.97 Å². The SMILES string of the molecule is N#CC1CN(c2cc(N3CCCC3CO)ncn2)CCO1. The Morgan fingerprint density at radius 3 is 3.05 bits per heavy atom. The quantitative estimate of drug-likeness (QED) is 0.848. The van der Waals surface area contributed by atoms with Crippen LogP contribution in [-0.4, -0.2) is 60.1 Å². The molecule has 0 spiro atoms.